The van der Waals surface area contributed by atoms with Gasteiger partial charge in [-0.25, -0.2) is 0 Å². The highest BCUT2D eigenvalue weighted by atomic mass is 16.5. The molecule has 0 bridgehead atoms. The normalized spacial score (nSPS) is 16.7. The van der Waals surface area contributed by atoms with E-state index in [1.807, 2.05) is 0 Å². The molecule has 0 radical (unpaired) electrons. The van der Waals surface area contributed by atoms with Gasteiger partial charge in [0.05, 0.1) is 6.61 Å². The van der Waals surface area contributed by atoms with Crippen LogP contribution in [0.2, 0.25) is 0 Å². The molecular weight excluding hydrogens is 448 g/mol. The Morgan fingerprint density at radius 1 is 0.800 bits per heavy atom. The third-order valence-electron chi connectivity index (χ3n) is 6.33. The summed E-state index contributed by atoms with van der Waals surface area (Å²) in [6, 6.07) is 0. The van der Waals surface area contributed by atoms with Gasteiger partial charge in [-0.15, -0.1) is 0 Å². The van der Waals surface area contributed by atoms with Crippen molar-refractivity contribution in [3.63, 3.8) is 0 Å². The Balaban J connectivity index is 1.34. The summed E-state index contributed by atoms with van der Waals surface area (Å²) in [5, 5.41) is 0. The maximum absolute atomic E-state index is 11.5. The quantitative estimate of drug-likeness (QED) is 0.146. The molecule has 8 heteroatoms. The molecule has 1 atom stereocenters. The lowest BCUT2D eigenvalue weighted by Crippen LogP contribution is -2.30. The SMILES string of the molecule is C=C(COCCCCCCN1C(=O)C=CC1=O)CC(C)CCCCOCCCN1C(=O)CCC1=O. The molecule has 1 unspecified atom stereocenters. The highest BCUT2D eigenvalue weighted by molar-refractivity contribution is 6.12. The van der Waals surface area contributed by atoms with Crippen LogP contribution >= 0.6 is 0 Å². The molecule has 35 heavy (non-hydrogen) atoms. The van der Waals surface area contributed by atoms with Crippen molar-refractivity contribution in [3.05, 3.63) is 24.3 Å². The molecule has 8 nitrogen and oxygen atoms in total. The lowest BCUT2D eigenvalue weighted by Gasteiger charge is -2.15. The van der Waals surface area contributed by atoms with Crippen LogP contribution in [-0.4, -0.2) is 72.9 Å². The minimum Gasteiger partial charge on any atom is -0.381 e. The van der Waals surface area contributed by atoms with E-state index in [0.29, 0.717) is 64.7 Å². The van der Waals surface area contributed by atoms with E-state index in [2.05, 4.69) is 13.5 Å². The first-order valence-corrected chi connectivity index (χ1v) is 13.1. The fourth-order valence-corrected chi connectivity index (χ4v) is 4.35. The largest absolute Gasteiger partial charge is 0.381 e. The van der Waals surface area contributed by atoms with Gasteiger partial charge in [-0.05, 0) is 38.0 Å². The number of nitrogens with zero attached hydrogens (tertiary/aromatic N) is 2. The first-order chi connectivity index (χ1) is 16.9. The number of hydrogen-bond donors (Lipinski definition) is 0. The molecule has 2 aliphatic heterocycles. The molecule has 2 aliphatic rings. The molecule has 0 saturated carbocycles. The van der Waals surface area contributed by atoms with Crippen molar-refractivity contribution < 1.29 is 28.7 Å². The number of carbonyl (C=O) groups excluding carboxylic acids is 4. The molecule has 1 fully saturated rings. The van der Waals surface area contributed by atoms with Gasteiger partial charge >= 0.3 is 0 Å². The zero-order valence-corrected chi connectivity index (χ0v) is 21.3. The number of ether oxygens (including phenoxy) is 2. The Morgan fingerprint density at radius 3 is 2.09 bits per heavy atom. The number of amides is 4. The summed E-state index contributed by atoms with van der Waals surface area (Å²) in [5.74, 6) is 0.0289. The summed E-state index contributed by atoms with van der Waals surface area (Å²) in [7, 11) is 0. The molecule has 4 amide bonds. The van der Waals surface area contributed by atoms with Gasteiger partial charge < -0.3 is 9.47 Å². The summed E-state index contributed by atoms with van der Waals surface area (Å²) in [5.41, 5.74) is 1.12. The van der Waals surface area contributed by atoms with Crippen LogP contribution in [0, 0.1) is 5.92 Å². The van der Waals surface area contributed by atoms with Crippen LogP contribution in [0.25, 0.3) is 0 Å². The van der Waals surface area contributed by atoms with Gasteiger partial charge in [-0.1, -0.05) is 44.8 Å². The molecule has 2 heterocycles. The predicted octanol–water partition coefficient (Wildman–Crippen LogP) is 3.80. The number of carbonyl (C=O) groups is 4. The zero-order chi connectivity index (χ0) is 25.5. The lowest BCUT2D eigenvalue weighted by molar-refractivity contribution is -0.139. The van der Waals surface area contributed by atoms with Crippen LogP contribution in [-0.2, 0) is 28.7 Å². The van der Waals surface area contributed by atoms with Crippen LogP contribution < -0.4 is 0 Å². The molecular formula is C27H42N2O6. The van der Waals surface area contributed by atoms with Crippen molar-refractivity contribution in [1.29, 1.82) is 0 Å². The Kier molecular flexibility index (Phi) is 13.5. The Hall–Kier alpha value is -2.32. The van der Waals surface area contributed by atoms with Crippen molar-refractivity contribution in [1.82, 2.24) is 9.80 Å². The summed E-state index contributed by atoms with van der Waals surface area (Å²) in [4.78, 5) is 48.7. The maximum atomic E-state index is 11.5. The van der Waals surface area contributed by atoms with Crippen molar-refractivity contribution in [2.45, 2.75) is 77.6 Å². The fourth-order valence-electron chi connectivity index (χ4n) is 4.35. The van der Waals surface area contributed by atoms with Gasteiger partial charge in [0.15, 0.2) is 0 Å². The fraction of sp³-hybridized carbons (Fsp3) is 0.704. The molecule has 0 aliphatic carbocycles. The second-order valence-electron chi connectivity index (χ2n) is 9.59. The third kappa shape index (κ3) is 11.3. The molecule has 2 rings (SSSR count). The zero-order valence-electron chi connectivity index (χ0n) is 21.3. The average Bonchev–Trinajstić information content (AvgIpc) is 3.32. The van der Waals surface area contributed by atoms with Gasteiger partial charge in [0.25, 0.3) is 11.8 Å². The highest BCUT2D eigenvalue weighted by Crippen LogP contribution is 2.17. The Morgan fingerprint density at radius 2 is 1.37 bits per heavy atom. The molecule has 0 aromatic rings. The van der Waals surface area contributed by atoms with E-state index in [0.717, 1.165) is 56.9 Å². The standard InChI is InChI=1S/C27H42N2O6/c1-22(10-5-8-17-34-19-9-16-29-26(32)13-14-27(29)33)20-23(2)21-35-18-7-4-3-6-15-28-24(30)11-12-25(28)31/h11-12,22H,2-10,13-21H2,1H3. The number of likely N-dealkylation sites (tertiary alicyclic amines) is 1. The van der Waals surface area contributed by atoms with E-state index >= 15 is 0 Å². The molecule has 0 spiro atoms. The van der Waals surface area contributed by atoms with Crippen LogP contribution in [0.4, 0.5) is 0 Å². The Labute approximate surface area is 209 Å². The van der Waals surface area contributed by atoms with E-state index in [9.17, 15) is 19.2 Å². The monoisotopic (exact) mass is 490 g/mol. The molecule has 0 aromatic carbocycles. The third-order valence-corrected chi connectivity index (χ3v) is 6.33. The number of imide groups is 2. The molecule has 196 valence electrons. The number of rotatable bonds is 20. The summed E-state index contributed by atoms with van der Waals surface area (Å²) >= 11 is 0. The van der Waals surface area contributed by atoms with Crippen molar-refractivity contribution >= 4 is 23.6 Å². The molecule has 1 saturated heterocycles. The van der Waals surface area contributed by atoms with Crippen molar-refractivity contribution in [2.24, 2.45) is 5.92 Å². The van der Waals surface area contributed by atoms with E-state index in [1.54, 1.807) is 0 Å². The van der Waals surface area contributed by atoms with Crippen LogP contribution in [0.3, 0.4) is 0 Å². The molecule has 0 N–H and O–H groups in total. The summed E-state index contributed by atoms with van der Waals surface area (Å²) in [6.07, 6.45) is 12.0. The number of unbranched alkanes of at least 4 members (excludes halogenated alkanes) is 4. The first kappa shape index (κ1) is 28.9. The van der Waals surface area contributed by atoms with Gasteiger partial charge in [-0.2, -0.15) is 0 Å². The van der Waals surface area contributed by atoms with Crippen LogP contribution in [0.1, 0.15) is 77.6 Å². The smallest absolute Gasteiger partial charge is 0.253 e. The lowest BCUT2D eigenvalue weighted by atomic mass is 9.97. The predicted molar refractivity (Wildman–Crippen MR) is 133 cm³/mol. The van der Waals surface area contributed by atoms with Crippen LogP contribution in [0.5, 0.6) is 0 Å². The van der Waals surface area contributed by atoms with Gasteiger partial charge in [-0.3, -0.25) is 29.0 Å². The van der Waals surface area contributed by atoms with E-state index in [1.165, 1.54) is 22.0 Å². The Bertz CT molecular complexity index is 729. The van der Waals surface area contributed by atoms with Gasteiger partial charge in [0.1, 0.15) is 0 Å². The average molecular weight is 491 g/mol. The van der Waals surface area contributed by atoms with E-state index in [4.69, 9.17) is 9.47 Å². The summed E-state index contributed by atoms with van der Waals surface area (Å²) < 4.78 is 11.4. The van der Waals surface area contributed by atoms with Gasteiger partial charge in [0.2, 0.25) is 11.8 Å². The second-order valence-corrected chi connectivity index (χ2v) is 9.59. The first-order valence-electron chi connectivity index (χ1n) is 13.1. The highest BCUT2D eigenvalue weighted by Gasteiger charge is 2.27. The van der Waals surface area contributed by atoms with E-state index < -0.39 is 0 Å². The maximum Gasteiger partial charge on any atom is 0.253 e. The number of hydrogen-bond acceptors (Lipinski definition) is 6. The minimum absolute atomic E-state index is 0.0586. The molecule has 0 aromatic heterocycles. The van der Waals surface area contributed by atoms with Crippen molar-refractivity contribution in [2.75, 3.05) is 39.5 Å². The summed E-state index contributed by atoms with van der Waals surface area (Å²) in [6.45, 7) is 9.94. The van der Waals surface area contributed by atoms with Crippen molar-refractivity contribution in [3.8, 4) is 0 Å². The van der Waals surface area contributed by atoms with E-state index in [-0.39, 0.29) is 23.6 Å². The van der Waals surface area contributed by atoms with Gasteiger partial charge in [0, 0.05) is 57.9 Å². The topological polar surface area (TPSA) is 93.2 Å². The van der Waals surface area contributed by atoms with Crippen LogP contribution in [0.15, 0.2) is 24.3 Å². The second kappa shape index (κ2) is 16.4. The minimum atomic E-state index is -0.206.